The molecule has 1 amide bonds. The van der Waals surface area contributed by atoms with E-state index in [1.807, 2.05) is 32.2 Å². The predicted octanol–water partition coefficient (Wildman–Crippen LogP) is 1.68. The first-order valence-corrected chi connectivity index (χ1v) is 8.96. The maximum atomic E-state index is 12.6. The van der Waals surface area contributed by atoms with E-state index in [-0.39, 0.29) is 17.3 Å². The van der Waals surface area contributed by atoms with Crippen molar-refractivity contribution < 1.29 is 4.79 Å². The third-order valence-corrected chi connectivity index (χ3v) is 5.05. The Morgan fingerprint density at radius 1 is 1.07 bits per heavy atom. The van der Waals surface area contributed by atoms with Crippen molar-refractivity contribution in [3.63, 3.8) is 0 Å². The van der Waals surface area contributed by atoms with E-state index < -0.39 is 0 Å². The third kappa shape index (κ3) is 3.33. The lowest BCUT2D eigenvalue weighted by Crippen LogP contribution is -2.47. The summed E-state index contributed by atoms with van der Waals surface area (Å²) in [4.78, 5) is 40.2. The SMILES string of the molecule is Cc1cccc2c(=O)[nH]c(-c3cnc(C(=O)N4CCN(C)CC4)nc3)cc12. The second-order valence-electron chi connectivity index (χ2n) is 6.94. The summed E-state index contributed by atoms with van der Waals surface area (Å²) in [5.74, 6) is 0.0279. The minimum absolute atomic E-state index is 0.149. The summed E-state index contributed by atoms with van der Waals surface area (Å²) < 4.78 is 0. The van der Waals surface area contributed by atoms with Gasteiger partial charge in [-0.3, -0.25) is 9.59 Å². The van der Waals surface area contributed by atoms with Gasteiger partial charge in [0.15, 0.2) is 0 Å². The molecule has 0 spiro atoms. The lowest BCUT2D eigenvalue weighted by atomic mass is 10.1. The molecule has 0 aliphatic carbocycles. The molecular formula is C20H21N5O2. The van der Waals surface area contributed by atoms with E-state index in [1.54, 1.807) is 23.4 Å². The molecule has 7 nitrogen and oxygen atoms in total. The van der Waals surface area contributed by atoms with E-state index in [0.29, 0.717) is 29.7 Å². The molecular weight excluding hydrogens is 342 g/mol. The number of fused-ring (bicyclic) bond motifs is 1. The Morgan fingerprint density at radius 2 is 1.78 bits per heavy atom. The number of hydrogen-bond donors (Lipinski definition) is 1. The van der Waals surface area contributed by atoms with Crippen LogP contribution in [-0.4, -0.2) is 63.9 Å². The molecule has 0 radical (unpaired) electrons. The quantitative estimate of drug-likeness (QED) is 0.749. The number of carbonyl (C=O) groups excluding carboxylic acids is 1. The largest absolute Gasteiger partial charge is 0.333 e. The number of aromatic nitrogens is 3. The number of carbonyl (C=O) groups is 1. The number of aryl methyl sites for hydroxylation is 1. The Hall–Kier alpha value is -3.06. The number of likely N-dealkylation sites (N-methyl/N-ethyl adjacent to an activating group) is 1. The van der Waals surface area contributed by atoms with Gasteiger partial charge in [-0.2, -0.15) is 0 Å². The van der Waals surface area contributed by atoms with Crippen molar-refractivity contribution in [2.24, 2.45) is 0 Å². The van der Waals surface area contributed by atoms with Crippen LogP contribution in [0, 0.1) is 6.92 Å². The molecule has 2 aromatic heterocycles. The minimum atomic E-state index is -0.155. The molecule has 1 aromatic carbocycles. The Morgan fingerprint density at radius 3 is 2.48 bits per heavy atom. The molecule has 0 bridgehead atoms. The average molecular weight is 363 g/mol. The minimum Gasteiger partial charge on any atom is -0.333 e. The number of hydrogen-bond acceptors (Lipinski definition) is 5. The Labute approximate surface area is 156 Å². The zero-order chi connectivity index (χ0) is 19.0. The van der Waals surface area contributed by atoms with Crippen LogP contribution in [0.3, 0.4) is 0 Å². The number of piperazine rings is 1. The average Bonchev–Trinajstić information content (AvgIpc) is 2.69. The fraction of sp³-hybridized carbons (Fsp3) is 0.300. The summed E-state index contributed by atoms with van der Waals surface area (Å²) in [6, 6.07) is 7.57. The van der Waals surface area contributed by atoms with Crippen LogP contribution in [0.15, 0.2) is 41.5 Å². The standard InChI is InChI=1S/C20H21N5O2/c1-13-4-3-5-15-16(13)10-17(23-19(15)26)14-11-21-18(22-12-14)20(27)25-8-6-24(2)7-9-25/h3-5,10-12H,6-9H2,1-2H3,(H,23,26). The molecule has 1 saturated heterocycles. The van der Waals surface area contributed by atoms with Crippen LogP contribution in [0.4, 0.5) is 0 Å². The second kappa shape index (κ2) is 6.92. The fourth-order valence-electron chi connectivity index (χ4n) is 3.32. The Kier molecular flexibility index (Phi) is 4.45. The van der Waals surface area contributed by atoms with Gasteiger partial charge >= 0.3 is 0 Å². The predicted molar refractivity (Wildman–Crippen MR) is 104 cm³/mol. The summed E-state index contributed by atoms with van der Waals surface area (Å²) in [7, 11) is 2.04. The van der Waals surface area contributed by atoms with Crippen molar-refractivity contribution in [3.8, 4) is 11.3 Å². The highest BCUT2D eigenvalue weighted by molar-refractivity contribution is 5.91. The van der Waals surface area contributed by atoms with Crippen LogP contribution in [0.2, 0.25) is 0 Å². The van der Waals surface area contributed by atoms with E-state index in [2.05, 4.69) is 19.9 Å². The molecule has 1 aliphatic heterocycles. The highest BCUT2D eigenvalue weighted by atomic mass is 16.2. The highest BCUT2D eigenvalue weighted by Gasteiger charge is 2.22. The molecule has 7 heteroatoms. The lowest BCUT2D eigenvalue weighted by Gasteiger charge is -2.31. The van der Waals surface area contributed by atoms with E-state index in [4.69, 9.17) is 0 Å². The smallest absolute Gasteiger partial charge is 0.291 e. The van der Waals surface area contributed by atoms with Gasteiger partial charge in [-0.05, 0) is 37.1 Å². The summed E-state index contributed by atoms with van der Waals surface area (Å²) in [5, 5.41) is 1.55. The number of rotatable bonds is 2. The van der Waals surface area contributed by atoms with Gasteiger partial charge in [0.2, 0.25) is 5.82 Å². The van der Waals surface area contributed by atoms with Crippen LogP contribution in [-0.2, 0) is 0 Å². The van der Waals surface area contributed by atoms with E-state index >= 15 is 0 Å². The Balaban J connectivity index is 1.63. The molecule has 3 aromatic rings. The topological polar surface area (TPSA) is 82.2 Å². The van der Waals surface area contributed by atoms with Gasteiger partial charge in [0.05, 0.1) is 5.69 Å². The van der Waals surface area contributed by atoms with Crippen molar-refractivity contribution in [2.75, 3.05) is 33.2 Å². The van der Waals surface area contributed by atoms with Crippen LogP contribution >= 0.6 is 0 Å². The van der Waals surface area contributed by atoms with Crippen LogP contribution in [0.25, 0.3) is 22.0 Å². The molecule has 27 heavy (non-hydrogen) atoms. The molecule has 3 heterocycles. The molecule has 1 aliphatic rings. The molecule has 4 rings (SSSR count). The normalized spacial score (nSPS) is 15.3. The van der Waals surface area contributed by atoms with Gasteiger partial charge in [0.25, 0.3) is 11.5 Å². The molecule has 138 valence electrons. The Bertz CT molecular complexity index is 1050. The number of nitrogens with one attached hydrogen (secondary N) is 1. The monoisotopic (exact) mass is 363 g/mol. The van der Waals surface area contributed by atoms with E-state index in [1.165, 1.54) is 0 Å². The first kappa shape index (κ1) is 17.4. The number of nitrogens with zero attached hydrogens (tertiary/aromatic N) is 4. The van der Waals surface area contributed by atoms with Crippen LogP contribution in [0.1, 0.15) is 16.2 Å². The van der Waals surface area contributed by atoms with Crippen molar-refractivity contribution in [3.05, 3.63) is 58.4 Å². The van der Waals surface area contributed by atoms with Gasteiger partial charge in [-0.25, -0.2) is 9.97 Å². The molecule has 0 unspecified atom stereocenters. The van der Waals surface area contributed by atoms with E-state index in [0.717, 1.165) is 24.0 Å². The summed E-state index contributed by atoms with van der Waals surface area (Å²) in [6.45, 7) is 5.03. The first-order valence-electron chi connectivity index (χ1n) is 8.96. The number of benzene rings is 1. The molecule has 0 atom stereocenters. The van der Waals surface area contributed by atoms with Crippen molar-refractivity contribution in [2.45, 2.75) is 6.92 Å². The number of amides is 1. The number of pyridine rings is 1. The van der Waals surface area contributed by atoms with Gasteiger partial charge < -0.3 is 14.8 Å². The molecule has 1 N–H and O–H groups in total. The van der Waals surface area contributed by atoms with Gasteiger partial charge in [0, 0.05) is 49.5 Å². The first-order chi connectivity index (χ1) is 13.0. The maximum absolute atomic E-state index is 12.6. The van der Waals surface area contributed by atoms with Crippen LogP contribution < -0.4 is 5.56 Å². The van der Waals surface area contributed by atoms with E-state index in [9.17, 15) is 9.59 Å². The zero-order valence-electron chi connectivity index (χ0n) is 15.4. The summed E-state index contributed by atoms with van der Waals surface area (Å²) in [5.41, 5.74) is 2.19. The zero-order valence-corrected chi connectivity index (χ0v) is 15.4. The number of H-pyrrole nitrogens is 1. The van der Waals surface area contributed by atoms with Crippen molar-refractivity contribution in [1.29, 1.82) is 0 Å². The van der Waals surface area contributed by atoms with Gasteiger partial charge in [-0.1, -0.05) is 12.1 Å². The highest BCUT2D eigenvalue weighted by Crippen LogP contribution is 2.21. The van der Waals surface area contributed by atoms with Crippen molar-refractivity contribution in [1.82, 2.24) is 24.8 Å². The second-order valence-corrected chi connectivity index (χ2v) is 6.94. The lowest BCUT2D eigenvalue weighted by molar-refractivity contribution is 0.0652. The van der Waals surface area contributed by atoms with Crippen LogP contribution in [0.5, 0.6) is 0 Å². The number of aromatic amines is 1. The third-order valence-electron chi connectivity index (χ3n) is 5.05. The molecule has 1 fully saturated rings. The van der Waals surface area contributed by atoms with Crippen molar-refractivity contribution >= 4 is 16.7 Å². The fourth-order valence-corrected chi connectivity index (χ4v) is 3.32. The summed E-state index contributed by atoms with van der Waals surface area (Å²) >= 11 is 0. The maximum Gasteiger partial charge on any atom is 0.291 e. The van der Waals surface area contributed by atoms with Gasteiger partial charge in [-0.15, -0.1) is 0 Å². The molecule has 0 saturated carbocycles. The summed E-state index contributed by atoms with van der Waals surface area (Å²) in [6.07, 6.45) is 3.18. The van der Waals surface area contributed by atoms with Gasteiger partial charge in [0.1, 0.15) is 0 Å².